The molecule has 0 aliphatic carbocycles. The summed E-state index contributed by atoms with van der Waals surface area (Å²) in [6.07, 6.45) is 7.64. The number of anilines is 1. The third kappa shape index (κ3) is 4.82. The fourth-order valence-corrected chi connectivity index (χ4v) is 8.40. The number of halogens is 1. The predicted octanol–water partition coefficient (Wildman–Crippen LogP) is 4.33. The SMILES string of the molecule is CCn1c(=O)/c(=C2\C=CC=CN2C)s/c1=C1\S/C(=N\c2sc3cc(Cl)ccc3[n+]2C)N(c2ccc(OC)cc2)C1=O. The second-order valence-corrected chi connectivity index (χ2v) is 12.6. The average Bonchev–Trinajstić information content (AvgIpc) is 3.58. The van der Waals surface area contributed by atoms with Crippen molar-refractivity contribution in [2.24, 2.45) is 12.0 Å². The molecule has 208 valence electrons. The summed E-state index contributed by atoms with van der Waals surface area (Å²) in [4.78, 5) is 36.7. The smallest absolute Gasteiger partial charge is 0.385 e. The normalized spacial score (nSPS) is 18.9. The molecule has 2 aromatic carbocycles. The first-order valence-electron chi connectivity index (χ1n) is 12.7. The van der Waals surface area contributed by atoms with Crippen molar-refractivity contribution in [3.63, 3.8) is 0 Å². The summed E-state index contributed by atoms with van der Waals surface area (Å²) in [6.45, 7) is 2.34. The minimum Gasteiger partial charge on any atom is -0.497 e. The number of aliphatic imine (C=N–C) groups is 1. The maximum Gasteiger partial charge on any atom is 0.385 e. The van der Waals surface area contributed by atoms with Crippen LogP contribution in [0.15, 0.2) is 76.7 Å². The van der Waals surface area contributed by atoms with Crippen LogP contribution in [0.4, 0.5) is 10.8 Å². The van der Waals surface area contributed by atoms with Gasteiger partial charge in [0.25, 0.3) is 16.6 Å². The number of hydrogen-bond acceptors (Lipinski definition) is 8. The van der Waals surface area contributed by atoms with E-state index in [0.717, 1.165) is 15.9 Å². The molecular formula is C29H25ClN5O3S3+. The van der Waals surface area contributed by atoms with E-state index in [2.05, 4.69) is 0 Å². The van der Waals surface area contributed by atoms with E-state index in [1.807, 2.05) is 97.4 Å². The Kier molecular flexibility index (Phi) is 7.37. The zero-order valence-corrected chi connectivity index (χ0v) is 25.8. The first-order valence-corrected chi connectivity index (χ1v) is 15.5. The second kappa shape index (κ2) is 11.0. The molecule has 1 saturated heterocycles. The first-order chi connectivity index (χ1) is 19.8. The molecule has 2 aliphatic heterocycles. The van der Waals surface area contributed by atoms with Gasteiger partial charge in [-0.3, -0.25) is 14.2 Å². The van der Waals surface area contributed by atoms with Crippen LogP contribution in [-0.2, 0) is 18.4 Å². The predicted molar refractivity (Wildman–Crippen MR) is 170 cm³/mol. The largest absolute Gasteiger partial charge is 0.497 e. The van der Waals surface area contributed by atoms with Gasteiger partial charge in [-0.15, -0.1) is 11.3 Å². The quantitative estimate of drug-likeness (QED) is 0.317. The average molecular weight is 623 g/mol. The molecule has 1 amide bonds. The van der Waals surface area contributed by atoms with E-state index in [-0.39, 0.29) is 11.5 Å². The van der Waals surface area contributed by atoms with E-state index < -0.39 is 0 Å². The number of carbonyl (C=O) groups is 1. The van der Waals surface area contributed by atoms with Gasteiger partial charge in [0.05, 0.1) is 30.2 Å². The Hall–Kier alpha value is -3.64. The van der Waals surface area contributed by atoms with E-state index in [0.29, 0.717) is 47.4 Å². The molecule has 2 aliphatic rings. The molecule has 1 fully saturated rings. The maximum atomic E-state index is 14.2. The third-order valence-corrected chi connectivity index (χ3v) is 10.4. The molecule has 4 aromatic rings. The van der Waals surface area contributed by atoms with Crippen molar-refractivity contribution in [3.05, 3.63) is 91.5 Å². The van der Waals surface area contributed by atoms with Gasteiger partial charge in [-0.05, 0) is 89.6 Å². The molecule has 0 N–H and O–H groups in total. The third-order valence-electron chi connectivity index (χ3n) is 6.76. The van der Waals surface area contributed by atoms with E-state index >= 15 is 0 Å². The summed E-state index contributed by atoms with van der Waals surface area (Å²) in [5.41, 5.74) is 2.32. The lowest BCUT2D eigenvalue weighted by Crippen LogP contribution is -2.35. The summed E-state index contributed by atoms with van der Waals surface area (Å²) >= 11 is 10.3. The minimum absolute atomic E-state index is 0.121. The van der Waals surface area contributed by atoms with E-state index in [1.54, 1.807) is 16.6 Å². The molecule has 4 heterocycles. The fourth-order valence-electron chi connectivity index (χ4n) is 4.62. The molecule has 0 unspecified atom stereocenters. The molecule has 0 bridgehead atoms. The summed E-state index contributed by atoms with van der Waals surface area (Å²) in [5.74, 6) is 0.445. The fraction of sp³-hybridized carbons (Fsp3) is 0.172. The second-order valence-electron chi connectivity index (χ2n) is 9.20. The number of amidine groups is 1. The van der Waals surface area contributed by atoms with Gasteiger partial charge in [-0.2, -0.15) is 0 Å². The summed E-state index contributed by atoms with van der Waals surface area (Å²) < 4.78 is 11.2. The number of methoxy groups -OCH3 is 1. The lowest BCUT2D eigenvalue weighted by molar-refractivity contribution is -0.627. The van der Waals surface area contributed by atoms with Crippen LogP contribution in [-0.4, -0.2) is 34.7 Å². The lowest BCUT2D eigenvalue weighted by Gasteiger charge is -2.16. The van der Waals surface area contributed by atoms with Crippen LogP contribution in [0.25, 0.3) is 20.8 Å². The number of allylic oxidation sites excluding steroid dienone is 2. The highest BCUT2D eigenvalue weighted by atomic mass is 35.5. The number of rotatable bonds is 4. The number of likely N-dealkylation sites (N-methyl/N-ethyl adjacent to an activating group) is 1. The molecule has 0 radical (unpaired) electrons. The van der Waals surface area contributed by atoms with Crippen LogP contribution >= 0.6 is 46.0 Å². The molecule has 12 heteroatoms. The first kappa shape index (κ1) is 27.5. The highest BCUT2D eigenvalue weighted by molar-refractivity contribution is 8.23. The molecule has 41 heavy (non-hydrogen) atoms. The van der Waals surface area contributed by atoms with E-state index in [4.69, 9.17) is 21.3 Å². The number of amides is 1. The van der Waals surface area contributed by atoms with Crippen LogP contribution in [0, 0.1) is 0 Å². The van der Waals surface area contributed by atoms with Crippen molar-refractivity contribution in [2.75, 3.05) is 19.1 Å². The topological polar surface area (TPSA) is 71.0 Å². The van der Waals surface area contributed by atoms with Gasteiger partial charge in [0.15, 0.2) is 0 Å². The molecule has 0 atom stereocenters. The molecular weight excluding hydrogens is 598 g/mol. The summed E-state index contributed by atoms with van der Waals surface area (Å²) in [7, 11) is 5.45. The molecule has 6 rings (SSSR count). The van der Waals surface area contributed by atoms with Crippen LogP contribution < -0.4 is 29.0 Å². The minimum atomic E-state index is -0.238. The Balaban J connectivity index is 1.58. The van der Waals surface area contributed by atoms with Crippen LogP contribution in [0.3, 0.4) is 0 Å². The van der Waals surface area contributed by atoms with Gasteiger partial charge in [-0.1, -0.05) is 17.7 Å². The van der Waals surface area contributed by atoms with Gasteiger partial charge in [0.2, 0.25) is 0 Å². The van der Waals surface area contributed by atoms with Crippen molar-refractivity contribution >= 4 is 88.7 Å². The summed E-state index contributed by atoms with van der Waals surface area (Å²) in [5, 5.41) is 1.87. The van der Waals surface area contributed by atoms with Crippen LogP contribution in [0.5, 0.6) is 5.75 Å². The van der Waals surface area contributed by atoms with Crippen molar-refractivity contribution < 1.29 is 14.1 Å². The van der Waals surface area contributed by atoms with Crippen molar-refractivity contribution in [3.8, 4) is 5.75 Å². The molecule has 8 nitrogen and oxygen atoms in total. The maximum absolute atomic E-state index is 14.2. The standard InChI is InChI=1S/C29H25ClN5O3S3/c1-5-34-25(36)23(21-8-6-7-15-32(21)2)40-27(34)24-26(37)35(18-10-12-19(38-4)13-11-18)29(41-24)31-28-33(3)20-14-9-17(30)16-22(20)39-28/h6-16H,5H2,1-4H3/q+1/b23-21-,27-24-. The Labute approximate surface area is 253 Å². The number of carbonyl (C=O) groups excluding carboxylic acids is 1. The summed E-state index contributed by atoms with van der Waals surface area (Å²) in [6, 6.07) is 13.0. The highest BCUT2D eigenvalue weighted by Gasteiger charge is 2.40. The molecule has 0 spiro atoms. The van der Waals surface area contributed by atoms with Gasteiger partial charge >= 0.3 is 5.13 Å². The monoisotopic (exact) mass is 622 g/mol. The number of hydrogen-bond donors (Lipinski definition) is 0. The van der Waals surface area contributed by atoms with Crippen LogP contribution in [0.1, 0.15) is 6.92 Å². The number of benzene rings is 2. The van der Waals surface area contributed by atoms with Crippen molar-refractivity contribution in [1.82, 2.24) is 9.47 Å². The van der Waals surface area contributed by atoms with E-state index in [1.165, 1.54) is 34.4 Å². The van der Waals surface area contributed by atoms with Crippen molar-refractivity contribution in [1.29, 1.82) is 0 Å². The Bertz CT molecular complexity index is 1990. The Morgan fingerprint density at radius 2 is 1.85 bits per heavy atom. The Morgan fingerprint density at radius 1 is 1.07 bits per heavy atom. The number of thiazole rings is 2. The number of ether oxygens (including phenoxy) is 1. The lowest BCUT2D eigenvalue weighted by atomic mass is 10.2. The number of aryl methyl sites for hydroxylation is 1. The van der Waals surface area contributed by atoms with Crippen molar-refractivity contribution in [2.45, 2.75) is 13.5 Å². The van der Waals surface area contributed by atoms with Crippen LogP contribution in [0.2, 0.25) is 5.02 Å². The number of fused-ring (bicyclic) bond motifs is 1. The number of aromatic nitrogens is 2. The zero-order chi connectivity index (χ0) is 28.8. The number of thioether (sulfide) groups is 1. The zero-order valence-electron chi connectivity index (χ0n) is 22.6. The van der Waals surface area contributed by atoms with Gasteiger partial charge in [0, 0.05) is 24.8 Å². The Morgan fingerprint density at radius 3 is 2.56 bits per heavy atom. The number of nitrogens with zero attached hydrogens (tertiary/aromatic N) is 5. The molecule has 2 aromatic heterocycles. The van der Waals surface area contributed by atoms with Gasteiger partial charge in [0.1, 0.15) is 25.4 Å². The molecule has 0 saturated carbocycles. The van der Waals surface area contributed by atoms with Gasteiger partial charge in [-0.25, -0.2) is 9.47 Å². The van der Waals surface area contributed by atoms with Gasteiger partial charge < -0.3 is 9.64 Å². The van der Waals surface area contributed by atoms with E-state index in [9.17, 15) is 9.59 Å². The highest BCUT2D eigenvalue weighted by Crippen LogP contribution is 2.38.